The van der Waals surface area contributed by atoms with Crippen LogP contribution in [-0.4, -0.2) is 11.9 Å². The zero-order valence-electron chi connectivity index (χ0n) is 10.5. The monoisotopic (exact) mass is 247 g/mol. The first-order valence-corrected chi connectivity index (χ1v) is 6.30. The lowest BCUT2D eigenvalue weighted by Crippen LogP contribution is -2.11. The van der Waals surface area contributed by atoms with Crippen molar-refractivity contribution in [2.75, 3.05) is 5.32 Å². The van der Waals surface area contributed by atoms with E-state index in [1.54, 1.807) is 18.2 Å². The highest BCUT2D eigenvalue weighted by molar-refractivity contribution is 5.95. The van der Waals surface area contributed by atoms with Gasteiger partial charge in [-0.05, 0) is 24.6 Å². The molecule has 0 fully saturated rings. The summed E-state index contributed by atoms with van der Waals surface area (Å²) in [6.45, 7) is 2.41. The number of esters is 1. The van der Waals surface area contributed by atoms with E-state index in [-0.39, 0.29) is 11.9 Å². The maximum Gasteiger partial charge on any atom is 0.338 e. The summed E-state index contributed by atoms with van der Waals surface area (Å²) in [5.74, 6) is -0.264. The molecule has 0 radical (unpaired) electrons. The third-order valence-corrected chi connectivity index (χ3v) is 2.98. The lowest BCUT2D eigenvalue weighted by Gasteiger charge is -2.05. The fourth-order valence-electron chi connectivity index (χ4n) is 1.97. The van der Waals surface area contributed by atoms with Gasteiger partial charge >= 0.3 is 5.97 Å². The Morgan fingerprint density at radius 3 is 3.00 bits per heavy atom. The van der Waals surface area contributed by atoms with Crippen molar-refractivity contribution in [3.05, 3.63) is 29.3 Å². The SMILES string of the molecule is CCCCCC(=O)Nc1ccc2c(c1)COC2=O. The van der Waals surface area contributed by atoms with Gasteiger partial charge in [0.05, 0.1) is 5.56 Å². The van der Waals surface area contributed by atoms with Gasteiger partial charge in [0.15, 0.2) is 0 Å². The Kier molecular flexibility index (Phi) is 3.97. The second-order valence-corrected chi connectivity index (χ2v) is 4.45. The second kappa shape index (κ2) is 5.67. The standard InChI is InChI=1S/C14H17NO3/c1-2-3-4-5-13(16)15-11-6-7-12-10(8-11)9-18-14(12)17/h6-8H,2-5,9H2,1H3,(H,15,16). The second-order valence-electron chi connectivity index (χ2n) is 4.45. The highest BCUT2D eigenvalue weighted by atomic mass is 16.5. The van der Waals surface area contributed by atoms with Crippen LogP contribution in [0.2, 0.25) is 0 Å². The first-order chi connectivity index (χ1) is 8.70. The number of nitrogens with one attached hydrogen (secondary N) is 1. The first-order valence-electron chi connectivity index (χ1n) is 6.30. The zero-order chi connectivity index (χ0) is 13.0. The summed E-state index contributed by atoms with van der Waals surface area (Å²) in [7, 11) is 0. The number of carbonyl (C=O) groups is 2. The van der Waals surface area contributed by atoms with E-state index in [1.807, 2.05) is 0 Å². The van der Waals surface area contributed by atoms with Gasteiger partial charge < -0.3 is 10.1 Å². The van der Waals surface area contributed by atoms with E-state index < -0.39 is 0 Å². The Morgan fingerprint density at radius 2 is 2.22 bits per heavy atom. The largest absolute Gasteiger partial charge is 0.457 e. The van der Waals surface area contributed by atoms with Gasteiger partial charge in [-0.15, -0.1) is 0 Å². The molecule has 0 aromatic heterocycles. The minimum Gasteiger partial charge on any atom is -0.457 e. The van der Waals surface area contributed by atoms with E-state index in [1.165, 1.54) is 0 Å². The van der Waals surface area contributed by atoms with E-state index >= 15 is 0 Å². The van der Waals surface area contributed by atoms with Gasteiger partial charge in [-0.2, -0.15) is 0 Å². The smallest absolute Gasteiger partial charge is 0.338 e. The third kappa shape index (κ3) is 2.88. The van der Waals surface area contributed by atoms with Crippen LogP contribution in [0.5, 0.6) is 0 Å². The first kappa shape index (κ1) is 12.6. The maximum atomic E-state index is 11.6. The molecule has 0 atom stereocenters. The van der Waals surface area contributed by atoms with Gasteiger partial charge in [0.1, 0.15) is 6.61 Å². The lowest BCUT2D eigenvalue weighted by atomic mass is 10.1. The highest BCUT2D eigenvalue weighted by Gasteiger charge is 2.21. The normalized spacial score (nSPS) is 13.1. The van der Waals surface area contributed by atoms with Crippen LogP contribution in [-0.2, 0) is 16.1 Å². The Balaban J connectivity index is 1.94. The van der Waals surface area contributed by atoms with Crippen molar-refractivity contribution in [2.45, 2.75) is 39.2 Å². The number of unbranched alkanes of at least 4 members (excludes halogenated alkanes) is 2. The molecule has 1 heterocycles. The van der Waals surface area contributed by atoms with Crippen molar-refractivity contribution in [2.24, 2.45) is 0 Å². The highest BCUT2D eigenvalue weighted by Crippen LogP contribution is 2.23. The number of benzene rings is 1. The van der Waals surface area contributed by atoms with E-state index in [0.29, 0.717) is 18.6 Å². The summed E-state index contributed by atoms with van der Waals surface area (Å²) in [5, 5.41) is 2.84. The van der Waals surface area contributed by atoms with Crippen LogP contribution in [0.15, 0.2) is 18.2 Å². The predicted octanol–water partition coefficient (Wildman–Crippen LogP) is 2.88. The number of amides is 1. The summed E-state index contributed by atoms with van der Waals surface area (Å²) in [6, 6.07) is 5.24. The molecule has 4 nitrogen and oxygen atoms in total. The third-order valence-electron chi connectivity index (χ3n) is 2.98. The van der Waals surface area contributed by atoms with Crippen LogP contribution < -0.4 is 5.32 Å². The Bertz CT molecular complexity index is 468. The lowest BCUT2D eigenvalue weighted by molar-refractivity contribution is -0.116. The number of cyclic esters (lactones) is 1. The summed E-state index contributed by atoms with van der Waals surface area (Å²) in [4.78, 5) is 22.9. The molecular formula is C14H17NO3. The fraction of sp³-hybridized carbons (Fsp3) is 0.429. The van der Waals surface area contributed by atoms with E-state index in [9.17, 15) is 9.59 Å². The fourth-order valence-corrected chi connectivity index (χ4v) is 1.97. The van der Waals surface area contributed by atoms with Gasteiger partial charge in [-0.3, -0.25) is 4.79 Å². The minimum atomic E-state index is -0.286. The summed E-state index contributed by atoms with van der Waals surface area (Å²) >= 11 is 0. The molecule has 1 aliphatic rings. The summed E-state index contributed by atoms with van der Waals surface area (Å²) < 4.78 is 4.91. The number of hydrogen-bond donors (Lipinski definition) is 1. The summed E-state index contributed by atoms with van der Waals surface area (Å²) in [5.41, 5.74) is 2.17. The van der Waals surface area contributed by atoms with E-state index in [4.69, 9.17) is 4.74 Å². The van der Waals surface area contributed by atoms with Crippen LogP contribution in [0.1, 0.15) is 48.5 Å². The number of ether oxygens (including phenoxy) is 1. The van der Waals surface area contributed by atoms with E-state index in [2.05, 4.69) is 12.2 Å². The summed E-state index contributed by atoms with van der Waals surface area (Å²) in [6.07, 6.45) is 3.63. The van der Waals surface area contributed by atoms with Crippen LogP contribution in [0, 0.1) is 0 Å². The molecule has 1 aromatic carbocycles. The van der Waals surface area contributed by atoms with E-state index in [0.717, 1.165) is 30.5 Å². The molecule has 0 aliphatic carbocycles. The molecule has 18 heavy (non-hydrogen) atoms. The average Bonchev–Trinajstić information content (AvgIpc) is 2.71. The van der Waals surface area contributed by atoms with Crippen LogP contribution in [0.4, 0.5) is 5.69 Å². The molecule has 1 aliphatic heterocycles. The molecule has 96 valence electrons. The number of carbonyl (C=O) groups excluding carboxylic acids is 2. The predicted molar refractivity (Wildman–Crippen MR) is 68.3 cm³/mol. The van der Waals surface area contributed by atoms with Crippen molar-refractivity contribution in [1.29, 1.82) is 0 Å². The Morgan fingerprint density at radius 1 is 1.39 bits per heavy atom. The average molecular weight is 247 g/mol. The molecule has 1 amide bonds. The minimum absolute atomic E-state index is 0.0219. The number of rotatable bonds is 5. The zero-order valence-corrected chi connectivity index (χ0v) is 10.5. The molecule has 0 saturated carbocycles. The van der Waals surface area contributed by atoms with Gasteiger partial charge in [-0.25, -0.2) is 4.79 Å². The molecule has 0 bridgehead atoms. The Labute approximate surface area is 106 Å². The van der Waals surface area contributed by atoms with Crippen LogP contribution in [0.3, 0.4) is 0 Å². The Hall–Kier alpha value is -1.84. The van der Waals surface area contributed by atoms with Crippen molar-refractivity contribution in [3.8, 4) is 0 Å². The molecule has 1 N–H and O–H groups in total. The number of hydrogen-bond acceptors (Lipinski definition) is 3. The molecule has 0 saturated heterocycles. The van der Waals surface area contributed by atoms with Gasteiger partial charge in [0.2, 0.25) is 5.91 Å². The van der Waals surface area contributed by atoms with Crippen molar-refractivity contribution >= 4 is 17.6 Å². The van der Waals surface area contributed by atoms with Crippen molar-refractivity contribution in [1.82, 2.24) is 0 Å². The quantitative estimate of drug-likeness (QED) is 0.643. The van der Waals surface area contributed by atoms with Gasteiger partial charge in [0.25, 0.3) is 0 Å². The number of anilines is 1. The number of fused-ring (bicyclic) bond motifs is 1. The molecule has 0 unspecified atom stereocenters. The molecule has 2 rings (SSSR count). The van der Waals surface area contributed by atoms with Crippen LogP contribution in [0.25, 0.3) is 0 Å². The molecular weight excluding hydrogens is 230 g/mol. The molecule has 4 heteroatoms. The topological polar surface area (TPSA) is 55.4 Å². The van der Waals surface area contributed by atoms with Crippen LogP contribution >= 0.6 is 0 Å². The van der Waals surface area contributed by atoms with Crippen molar-refractivity contribution < 1.29 is 14.3 Å². The van der Waals surface area contributed by atoms with Crippen molar-refractivity contribution in [3.63, 3.8) is 0 Å². The molecule has 1 aromatic rings. The van der Waals surface area contributed by atoms with Gasteiger partial charge in [0, 0.05) is 17.7 Å². The molecule has 0 spiro atoms. The maximum absolute atomic E-state index is 11.6. The van der Waals surface area contributed by atoms with Gasteiger partial charge in [-0.1, -0.05) is 19.8 Å².